The minimum absolute atomic E-state index is 0.251. The first-order chi connectivity index (χ1) is 8.17. The molecule has 0 amide bonds. The summed E-state index contributed by atoms with van der Waals surface area (Å²) in [6, 6.07) is 6.22. The average molecular weight is 234 g/mol. The van der Waals surface area contributed by atoms with Crippen molar-refractivity contribution in [3.8, 4) is 0 Å². The standard InChI is InChI=1S/C12H13FN2.C2H6/c1-4-10(2)15(14-3)9-11-5-7-12(13)8-6-11;1-2/h4-8H,1-3,9H2;1-2H3. The molecule has 0 heterocycles. The molecule has 0 aliphatic carbocycles. The van der Waals surface area contributed by atoms with E-state index >= 15 is 0 Å². The van der Waals surface area contributed by atoms with Crippen molar-refractivity contribution in [1.82, 2.24) is 5.01 Å². The zero-order chi connectivity index (χ0) is 13.3. The average Bonchev–Trinajstić information content (AvgIpc) is 2.39. The number of allylic oxidation sites excluding steroid dienone is 1. The third-order valence-electron chi connectivity index (χ3n) is 1.98. The summed E-state index contributed by atoms with van der Waals surface area (Å²) in [5.41, 5.74) is 1.60. The van der Waals surface area contributed by atoms with Crippen LogP contribution in [0.25, 0.3) is 0 Å². The van der Waals surface area contributed by atoms with E-state index in [9.17, 15) is 4.39 Å². The van der Waals surface area contributed by atoms with Crippen molar-refractivity contribution in [2.24, 2.45) is 5.10 Å². The topological polar surface area (TPSA) is 15.6 Å². The van der Waals surface area contributed by atoms with Crippen molar-refractivity contribution < 1.29 is 4.39 Å². The number of rotatable bonds is 5. The number of hydrogen-bond acceptors (Lipinski definition) is 2. The molecule has 0 radical (unpaired) electrons. The van der Waals surface area contributed by atoms with Gasteiger partial charge in [-0.3, -0.25) is 5.01 Å². The van der Waals surface area contributed by atoms with Gasteiger partial charge < -0.3 is 0 Å². The fourth-order valence-electron chi connectivity index (χ4n) is 1.11. The Morgan fingerprint density at radius 3 is 2.29 bits per heavy atom. The van der Waals surface area contributed by atoms with Crippen LogP contribution < -0.4 is 0 Å². The van der Waals surface area contributed by atoms with Gasteiger partial charge in [0.25, 0.3) is 0 Å². The first-order valence-electron chi connectivity index (χ1n) is 5.47. The van der Waals surface area contributed by atoms with Crippen LogP contribution in [0, 0.1) is 5.82 Å². The number of nitrogens with zero attached hydrogens (tertiary/aromatic N) is 2. The molecule has 92 valence electrons. The molecule has 0 aliphatic heterocycles. The Bertz CT molecular complexity index is 368. The molecule has 0 spiro atoms. The van der Waals surface area contributed by atoms with Gasteiger partial charge in [-0.15, -0.1) is 0 Å². The molecule has 0 aromatic heterocycles. The van der Waals surface area contributed by atoms with Gasteiger partial charge in [-0.2, -0.15) is 5.10 Å². The predicted octanol–water partition coefficient (Wildman–Crippen LogP) is 3.97. The molecule has 2 nitrogen and oxygen atoms in total. The summed E-state index contributed by atoms with van der Waals surface area (Å²) in [6.07, 6.45) is 1.60. The lowest BCUT2D eigenvalue weighted by atomic mass is 10.2. The first kappa shape index (κ1) is 15.1. The lowest BCUT2D eigenvalue weighted by Crippen LogP contribution is -2.13. The fourth-order valence-corrected chi connectivity index (χ4v) is 1.11. The van der Waals surface area contributed by atoms with Gasteiger partial charge in [-0.1, -0.05) is 39.1 Å². The van der Waals surface area contributed by atoms with Crippen molar-refractivity contribution >= 4 is 6.72 Å². The zero-order valence-corrected chi connectivity index (χ0v) is 10.5. The summed E-state index contributed by atoms with van der Waals surface area (Å²) < 4.78 is 12.6. The van der Waals surface area contributed by atoms with Crippen molar-refractivity contribution in [2.75, 3.05) is 0 Å². The van der Waals surface area contributed by atoms with Crippen LogP contribution in [0.5, 0.6) is 0 Å². The summed E-state index contributed by atoms with van der Waals surface area (Å²) in [6.45, 7) is 15.3. The van der Waals surface area contributed by atoms with Crippen LogP contribution in [-0.2, 0) is 6.54 Å². The van der Waals surface area contributed by atoms with E-state index in [4.69, 9.17) is 0 Å². The van der Waals surface area contributed by atoms with Gasteiger partial charge in [0.1, 0.15) is 5.82 Å². The largest absolute Gasteiger partial charge is 0.262 e. The van der Waals surface area contributed by atoms with E-state index < -0.39 is 0 Å². The Morgan fingerprint density at radius 1 is 1.35 bits per heavy atom. The highest BCUT2D eigenvalue weighted by molar-refractivity contribution is 5.25. The molecule has 17 heavy (non-hydrogen) atoms. The number of hydrazone groups is 1. The normalized spacial score (nSPS) is 8.65. The maximum atomic E-state index is 12.6. The maximum Gasteiger partial charge on any atom is 0.123 e. The zero-order valence-electron chi connectivity index (χ0n) is 10.5. The van der Waals surface area contributed by atoms with Gasteiger partial charge in [0.2, 0.25) is 0 Å². The molecular weight excluding hydrogens is 215 g/mol. The van der Waals surface area contributed by atoms with E-state index in [2.05, 4.69) is 25.0 Å². The Kier molecular flexibility index (Phi) is 7.35. The van der Waals surface area contributed by atoms with Crippen molar-refractivity contribution in [1.29, 1.82) is 0 Å². The summed E-state index contributed by atoms with van der Waals surface area (Å²) in [4.78, 5) is 0. The fraction of sp³-hybridized carbons (Fsp3) is 0.214. The van der Waals surface area contributed by atoms with E-state index in [1.807, 2.05) is 13.8 Å². The van der Waals surface area contributed by atoms with Gasteiger partial charge in [0.15, 0.2) is 0 Å². The van der Waals surface area contributed by atoms with Crippen LogP contribution in [0.3, 0.4) is 0 Å². The van der Waals surface area contributed by atoms with E-state index in [0.717, 1.165) is 5.56 Å². The van der Waals surface area contributed by atoms with E-state index in [0.29, 0.717) is 12.2 Å². The second-order valence-electron chi connectivity index (χ2n) is 3.02. The molecule has 1 rings (SSSR count). The Balaban J connectivity index is 0.00000121. The van der Waals surface area contributed by atoms with Gasteiger partial charge in [0.05, 0.1) is 12.2 Å². The van der Waals surface area contributed by atoms with E-state index in [1.54, 1.807) is 23.2 Å². The molecule has 3 heteroatoms. The van der Waals surface area contributed by atoms with Gasteiger partial charge in [-0.05, 0) is 23.8 Å². The Labute approximate surface area is 103 Å². The SMILES string of the molecule is C=CC(=C)N(Cc1ccc(F)cc1)N=C.CC. The maximum absolute atomic E-state index is 12.6. The number of halogens is 1. The quantitative estimate of drug-likeness (QED) is 0.427. The second-order valence-corrected chi connectivity index (χ2v) is 3.02. The van der Waals surface area contributed by atoms with Gasteiger partial charge in [0, 0.05) is 6.72 Å². The monoisotopic (exact) mass is 234 g/mol. The van der Waals surface area contributed by atoms with Crippen LogP contribution in [0.1, 0.15) is 19.4 Å². The molecule has 0 N–H and O–H groups in total. The second kappa shape index (κ2) is 8.28. The third kappa shape index (κ3) is 5.11. The van der Waals surface area contributed by atoms with Crippen LogP contribution >= 0.6 is 0 Å². The molecular formula is C14H19FN2. The van der Waals surface area contributed by atoms with Crippen LogP contribution in [0.15, 0.2) is 54.3 Å². The summed E-state index contributed by atoms with van der Waals surface area (Å²) in [7, 11) is 0. The number of hydrogen-bond donors (Lipinski definition) is 0. The molecule has 0 aliphatic rings. The highest BCUT2D eigenvalue weighted by atomic mass is 19.1. The number of benzene rings is 1. The molecule has 0 fully saturated rings. The molecule has 1 aromatic carbocycles. The van der Waals surface area contributed by atoms with Crippen LogP contribution in [-0.4, -0.2) is 11.7 Å². The highest BCUT2D eigenvalue weighted by Gasteiger charge is 2.03. The van der Waals surface area contributed by atoms with Crippen LogP contribution in [0.4, 0.5) is 4.39 Å². The van der Waals surface area contributed by atoms with Gasteiger partial charge in [-0.25, -0.2) is 4.39 Å². The molecule has 0 saturated carbocycles. The smallest absolute Gasteiger partial charge is 0.123 e. The first-order valence-corrected chi connectivity index (χ1v) is 5.47. The van der Waals surface area contributed by atoms with Gasteiger partial charge >= 0.3 is 0 Å². The highest BCUT2D eigenvalue weighted by Crippen LogP contribution is 2.11. The summed E-state index contributed by atoms with van der Waals surface area (Å²) in [5, 5.41) is 5.39. The Morgan fingerprint density at radius 2 is 1.88 bits per heavy atom. The Hall–Kier alpha value is -1.90. The minimum atomic E-state index is -0.251. The van der Waals surface area contributed by atoms with Crippen molar-refractivity contribution in [2.45, 2.75) is 20.4 Å². The summed E-state index contributed by atoms with van der Waals surface area (Å²) >= 11 is 0. The van der Waals surface area contributed by atoms with E-state index in [1.165, 1.54) is 12.1 Å². The van der Waals surface area contributed by atoms with Crippen molar-refractivity contribution in [3.05, 3.63) is 60.6 Å². The minimum Gasteiger partial charge on any atom is -0.262 e. The molecule has 0 unspecified atom stereocenters. The third-order valence-corrected chi connectivity index (χ3v) is 1.98. The lowest BCUT2D eigenvalue weighted by molar-refractivity contribution is 0.373. The molecule has 0 bridgehead atoms. The molecule has 1 aromatic rings. The molecule has 0 atom stereocenters. The summed E-state index contributed by atoms with van der Waals surface area (Å²) in [5.74, 6) is -0.251. The molecule has 0 saturated heterocycles. The van der Waals surface area contributed by atoms with Crippen LogP contribution in [0.2, 0.25) is 0 Å². The van der Waals surface area contributed by atoms with Crippen molar-refractivity contribution in [3.63, 3.8) is 0 Å². The van der Waals surface area contributed by atoms with E-state index in [-0.39, 0.29) is 5.82 Å². The predicted molar refractivity (Wildman–Crippen MR) is 72.2 cm³/mol. The lowest BCUT2D eigenvalue weighted by Gasteiger charge is -2.18.